The third kappa shape index (κ3) is 21.1. The van der Waals surface area contributed by atoms with Gasteiger partial charge in [0, 0.05) is 42.1 Å². The van der Waals surface area contributed by atoms with Gasteiger partial charge in [-0.05, 0) is 109 Å². The summed E-state index contributed by atoms with van der Waals surface area (Å²) in [5.41, 5.74) is 0. The predicted octanol–water partition coefficient (Wildman–Crippen LogP) is 13.2. The van der Waals surface area contributed by atoms with Gasteiger partial charge in [0.25, 0.3) is 11.6 Å². The van der Waals surface area contributed by atoms with Gasteiger partial charge in [0.1, 0.15) is 0 Å². The van der Waals surface area contributed by atoms with E-state index in [1.807, 2.05) is 0 Å². The molecule has 2 atom stereocenters. The monoisotopic (exact) mass is 1590 g/mol. The zero-order valence-electron chi connectivity index (χ0n) is 48.7. The van der Waals surface area contributed by atoms with Crippen LogP contribution in [-0.2, 0) is 51.9 Å². The van der Waals surface area contributed by atoms with Crippen molar-refractivity contribution in [1.82, 2.24) is 0 Å². The van der Waals surface area contributed by atoms with E-state index in [0.717, 1.165) is 13.8 Å². The molecule has 0 aliphatic heterocycles. The van der Waals surface area contributed by atoms with Gasteiger partial charge in [-0.2, -0.15) is 9.78 Å². The third-order valence-electron chi connectivity index (χ3n) is 13.4. The molecule has 0 heterocycles. The van der Waals surface area contributed by atoms with Gasteiger partial charge in [-0.25, -0.2) is 10.5 Å². The number of benzene rings is 12. The van der Waals surface area contributed by atoms with Crippen LogP contribution in [0.15, 0.2) is 364 Å². The molecule has 0 saturated carbocycles. The Labute approximate surface area is 553 Å². The molecule has 4 N–H and O–H groups in total. The molecule has 12 aromatic rings. The Morgan fingerprint density at radius 1 is 0.193 bits per heavy atom. The maximum absolute atomic E-state index is 8.84. The SMILES string of the molecule is CC(O)(OO)C(C)(O)OO.[Pt].[Pt].c1ccc(P(c2ccccc2)c2ccccc2)cc1.c1ccc(P(c2ccccc2)c2ccccc2)cc1.c1ccc(P(c2ccccc2)c2ccccc2)cc1.c1ccc(P(c2ccccc2)c2ccccc2)cc1. The van der Waals surface area contributed by atoms with Gasteiger partial charge >= 0.3 is 0 Å². The molecule has 12 aromatic carbocycles. The van der Waals surface area contributed by atoms with E-state index in [0.29, 0.717) is 0 Å². The fourth-order valence-electron chi connectivity index (χ4n) is 8.88. The van der Waals surface area contributed by atoms with Crippen LogP contribution in [0.5, 0.6) is 0 Å². The standard InChI is InChI=1S/4C18H15P.C4H10O6.2Pt/c4*1-4-10-16(11-5-1)19(17-12-6-2-7-13-17)18-14-8-3-9-15-18;1-3(5,9-7)4(2,6)10-8;;/h4*1-15H;5-8H,1-2H3;;. The van der Waals surface area contributed by atoms with Crippen LogP contribution in [0.2, 0.25) is 0 Å². The summed E-state index contributed by atoms with van der Waals surface area (Å²) in [6.45, 7) is 1.81. The van der Waals surface area contributed by atoms with Gasteiger partial charge < -0.3 is 10.2 Å². The van der Waals surface area contributed by atoms with Crippen molar-refractivity contribution in [2.75, 3.05) is 0 Å². The van der Waals surface area contributed by atoms with Gasteiger partial charge in [0.2, 0.25) is 0 Å². The van der Waals surface area contributed by atoms with Crippen LogP contribution >= 0.6 is 31.7 Å². The maximum atomic E-state index is 8.84. The molecule has 88 heavy (non-hydrogen) atoms. The average molecular weight is 1590 g/mol. The summed E-state index contributed by atoms with van der Waals surface area (Å²) in [7, 11) is -1.78. The van der Waals surface area contributed by atoms with E-state index in [4.69, 9.17) is 20.7 Å². The van der Waals surface area contributed by atoms with Crippen molar-refractivity contribution in [1.29, 1.82) is 0 Å². The van der Waals surface area contributed by atoms with Crippen molar-refractivity contribution in [2.24, 2.45) is 0 Å². The molecule has 2 unspecified atom stereocenters. The summed E-state index contributed by atoms with van der Waals surface area (Å²) in [6, 6.07) is 129. The Morgan fingerprint density at radius 3 is 0.341 bits per heavy atom. The van der Waals surface area contributed by atoms with E-state index in [2.05, 4.69) is 374 Å². The van der Waals surface area contributed by atoms with Gasteiger partial charge in [-0.15, -0.1) is 0 Å². The Balaban J connectivity index is 0.000000177. The summed E-state index contributed by atoms with van der Waals surface area (Å²) in [5.74, 6) is -4.75. The second kappa shape index (κ2) is 38.1. The minimum Gasteiger partial charge on any atom is -0.359 e. The summed E-state index contributed by atoms with van der Waals surface area (Å²) >= 11 is 0. The average Bonchev–Trinajstić information content (AvgIpc) is 3.77. The van der Waals surface area contributed by atoms with Gasteiger partial charge in [-0.3, -0.25) is 0 Å². The molecular formula is C76H70O6P4Pt2. The molecule has 0 radical (unpaired) electrons. The fourth-order valence-corrected chi connectivity index (χ4v) is 18.1. The van der Waals surface area contributed by atoms with Crippen molar-refractivity contribution in [3.05, 3.63) is 364 Å². The van der Waals surface area contributed by atoms with Crippen molar-refractivity contribution in [2.45, 2.75) is 25.4 Å². The topological polar surface area (TPSA) is 99.4 Å². The molecule has 0 bridgehead atoms. The molecule has 0 aromatic heterocycles. The van der Waals surface area contributed by atoms with Crippen LogP contribution in [0.25, 0.3) is 0 Å². The molecule has 0 aliphatic carbocycles. The third-order valence-corrected chi connectivity index (χ3v) is 23.2. The molecule has 0 fully saturated rings. The second-order valence-electron chi connectivity index (χ2n) is 19.5. The van der Waals surface area contributed by atoms with E-state index < -0.39 is 43.3 Å². The number of hydrogen-bond acceptors (Lipinski definition) is 6. The van der Waals surface area contributed by atoms with E-state index in [1.54, 1.807) is 0 Å². The van der Waals surface area contributed by atoms with Gasteiger partial charge in [0.05, 0.1) is 0 Å². The van der Waals surface area contributed by atoms with Crippen LogP contribution < -0.4 is 63.7 Å². The van der Waals surface area contributed by atoms with Crippen LogP contribution in [0.1, 0.15) is 13.8 Å². The Hall–Kier alpha value is -6.50. The zero-order chi connectivity index (χ0) is 60.1. The van der Waals surface area contributed by atoms with Crippen LogP contribution in [0, 0.1) is 0 Å². The maximum Gasteiger partial charge on any atom is 0.253 e. The second-order valence-corrected chi connectivity index (χ2v) is 28.4. The first kappa shape index (κ1) is 70.6. The summed E-state index contributed by atoms with van der Waals surface area (Å²) in [5, 5.41) is 50.4. The van der Waals surface area contributed by atoms with Crippen molar-refractivity contribution in [3.8, 4) is 0 Å². The van der Waals surface area contributed by atoms with E-state index in [-0.39, 0.29) is 42.1 Å². The Kier molecular flexibility index (Phi) is 30.6. The largest absolute Gasteiger partial charge is 0.359 e. The predicted molar refractivity (Wildman–Crippen MR) is 369 cm³/mol. The normalized spacial score (nSPS) is 11.8. The summed E-state index contributed by atoms with van der Waals surface area (Å²) in [6.07, 6.45) is 0. The van der Waals surface area contributed by atoms with E-state index >= 15 is 0 Å². The fraction of sp³-hybridized carbons (Fsp3) is 0.0526. The first-order valence-corrected chi connectivity index (χ1v) is 33.4. The molecule has 0 aliphatic rings. The molecule has 450 valence electrons. The number of aliphatic hydroxyl groups is 2. The minimum absolute atomic E-state index is 0. The zero-order valence-corrected chi connectivity index (χ0v) is 56.8. The van der Waals surface area contributed by atoms with Crippen molar-refractivity contribution in [3.63, 3.8) is 0 Å². The Morgan fingerprint density at radius 2 is 0.273 bits per heavy atom. The molecule has 12 rings (SSSR count). The number of rotatable bonds is 15. The van der Waals surface area contributed by atoms with Gasteiger partial charge in [-0.1, -0.05) is 364 Å². The first-order chi connectivity index (χ1) is 42.2. The van der Waals surface area contributed by atoms with Crippen molar-refractivity contribution >= 4 is 95.3 Å². The molecule has 6 nitrogen and oxygen atoms in total. The van der Waals surface area contributed by atoms with Crippen LogP contribution in [0.4, 0.5) is 0 Å². The van der Waals surface area contributed by atoms with Crippen LogP contribution in [0.3, 0.4) is 0 Å². The quantitative estimate of drug-likeness (QED) is 0.0353. The number of hydrogen-bond donors (Lipinski definition) is 4. The van der Waals surface area contributed by atoms with Gasteiger partial charge in [0.15, 0.2) is 0 Å². The minimum atomic E-state index is -2.37. The molecule has 0 saturated heterocycles. The Bertz CT molecular complexity index is 2850. The molecule has 0 amide bonds. The summed E-state index contributed by atoms with van der Waals surface area (Å²) < 4.78 is 0. The van der Waals surface area contributed by atoms with Crippen LogP contribution in [-0.4, -0.2) is 32.3 Å². The summed E-state index contributed by atoms with van der Waals surface area (Å²) in [4.78, 5) is 6.83. The smallest absolute Gasteiger partial charge is 0.253 e. The molecular weight excluding hydrogens is 1520 g/mol. The first-order valence-electron chi connectivity index (χ1n) is 28.1. The van der Waals surface area contributed by atoms with Crippen molar-refractivity contribution < 1.29 is 72.6 Å². The van der Waals surface area contributed by atoms with E-state index in [9.17, 15) is 0 Å². The van der Waals surface area contributed by atoms with E-state index in [1.165, 1.54) is 63.7 Å². The molecule has 0 spiro atoms. The molecule has 12 heteroatoms.